The van der Waals surface area contributed by atoms with E-state index in [1.54, 1.807) is 27.7 Å². The van der Waals surface area contributed by atoms with E-state index in [9.17, 15) is 9.67 Å². The Hall–Kier alpha value is -0.270. The molecule has 0 spiro atoms. The average Bonchev–Trinajstić information content (AvgIpc) is 2.82. The quantitative estimate of drug-likeness (QED) is 0.749. The average molecular weight is 322 g/mol. The summed E-state index contributed by atoms with van der Waals surface area (Å²) < 4.78 is 39.3. The predicted molar refractivity (Wildman–Crippen MR) is 74.7 cm³/mol. The van der Waals surface area contributed by atoms with Gasteiger partial charge in [0.05, 0.1) is 13.2 Å². The van der Waals surface area contributed by atoms with Gasteiger partial charge in [-0.15, -0.1) is 0 Å². The summed E-state index contributed by atoms with van der Waals surface area (Å²) >= 11 is 0. The standard InChI is InChI=1S/C13H23O7P/c1-5-16-21(15,17-6-2)8-7-9-10(14)11-12(18-9)20-13(3,4)19-11/h7-12,14H,5-6H2,1-4H3/b8-7+/t9?,10-,11-,12-/m1/s1. The lowest BCUT2D eigenvalue weighted by molar-refractivity contribution is -0.209. The first-order valence-electron chi connectivity index (χ1n) is 7.07. The van der Waals surface area contributed by atoms with Crippen LogP contribution in [-0.4, -0.2) is 48.7 Å². The molecule has 2 saturated heterocycles. The first-order valence-corrected chi connectivity index (χ1v) is 8.69. The highest BCUT2D eigenvalue weighted by Gasteiger charge is 2.53. The molecule has 0 aliphatic carbocycles. The number of rotatable bonds is 6. The van der Waals surface area contributed by atoms with Gasteiger partial charge in [0.25, 0.3) is 0 Å². The molecule has 21 heavy (non-hydrogen) atoms. The first kappa shape index (κ1) is 17.1. The lowest BCUT2D eigenvalue weighted by Gasteiger charge is -2.21. The summed E-state index contributed by atoms with van der Waals surface area (Å²) in [6.45, 7) is 7.50. The molecule has 122 valence electrons. The molecule has 2 heterocycles. The summed E-state index contributed by atoms with van der Waals surface area (Å²) in [6, 6.07) is 0. The predicted octanol–water partition coefficient (Wildman–Crippen LogP) is 2.00. The Kier molecular flexibility index (Phi) is 5.26. The zero-order valence-electron chi connectivity index (χ0n) is 12.7. The van der Waals surface area contributed by atoms with Crippen LogP contribution in [0.25, 0.3) is 0 Å². The van der Waals surface area contributed by atoms with Gasteiger partial charge in [-0.05, 0) is 33.8 Å². The monoisotopic (exact) mass is 322 g/mol. The molecule has 0 aromatic rings. The van der Waals surface area contributed by atoms with Crippen molar-refractivity contribution in [1.29, 1.82) is 0 Å². The molecule has 0 amide bonds. The lowest BCUT2D eigenvalue weighted by atomic mass is 10.1. The Morgan fingerprint density at radius 2 is 1.86 bits per heavy atom. The van der Waals surface area contributed by atoms with E-state index in [1.807, 2.05) is 0 Å². The van der Waals surface area contributed by atoms with Gasteiger partial charge in [0.2, 0.25) is 0 Å². The second-order valence-corrected chi connectivity index (χ2v) is 7.17. The van der Waals surface area contributed by atoms with Crippen molar-refractivity contribution in [3.63, 3.8) is 0 Å². The molecule has 1 unspecified atom stereocenters. The second-order valence-electron chi connectivity index (χ2n) is 5.28. The van der Waals surface area contributed by atoms with Crippen molar-refractivity contribution in [2.75, 3.05) is 13.2 Å². The van der Waals surface area contributed by atoms with Crippen LogP contribution < -0.4 is 0 Å². The van der Waals surface area contributed by atoms with E-state index >= 15 is 0 Å². The summed E-state index contributed by atoms with van der Waals surface area (Å²) in [5.74, 6) is 0.539. The fraction of sp³-hybridized carbons (Fsp3) is 0.846. The number of ether oxygens (including phenoxy) is 3. The molecule has 0 saturated carbocycles. The van der Waals surface area contributed by atoms with Crippen LogP contribution in [0, 0.1) is 0 Å². The minimum Gasteiger partial charge on any atom is -0.387 e. The van der Waals surface area contributed by atoms with E-state index in [-0.39, 0.29) is 13.2 Å². The van der Waals surface area contributed by atoms with Gasteiger partial charge < -0.3 is 28.4 Å². The second kappa shape index (κ2) is 6.46. The van der Waals surface area contributed by atoms with Crippen LogP contribution in [0.2, 0.25) is 0 Å². The fourth-order valence-corrected chi connectivity index (χ4v) is 3.70. The minimum atomic E-state index is -3.31. The highest BCUT2D eigenvalue weighted by Crippen LogP contribution is 2.50. The molecule has 2 aliphatic rings. The Bertz CT molecular complexity index is 426. The van der Waals surface area contributed by atoms with Gasteiger partial charge >= 0.3 is 7.60 Å². The largest absolute Gasteiger partial charge is 0.387 e. The van der Waals surface area contributed by atoms with Crippen LogP contribution in [0.4, 0.5) is 0 Å². The van der Waals surface area contributed by atoms with Gasteiger partial charge in [0, 0.05) is 5.82 Å². The number of hydrogen-bond acceptors (Lipinski definition) is 7. The molecule has 0 aromatic heterocycles. The molecular weight excluding hydrogens is 299 g/mol. The lowest BCUT2D eigenvalue weighted by Crippen LogP contribution is -2.33. The summed E-state index contributed by atoms with van der Waals surface area (Å²) in [5.41, 5.74) is 0. The molecule has 0 aromatic carbocycles. The van der Waals surface area contributed by atoms with Gasteiger partial charge in [-0.3, -0.25) is 4.57 Å². The number of fused-ring (bicyclic) bond motifs is 1. The van der Waals surface area contributed by atoms with Crippen molar-refractivity contribution in [2.24, 2.45) is 0 Å². The highest BCUT2D eigenvalue weighted by atomic mass is 31.2. The molecule has 2 rings (SSSR count). The first-order chi connectivity index (χ1) is 9.80. The van der Waals surface area contributed by atoms with Crippen molar-refractivity contribution in [2.45, 2.75) is 58.1 Å². The fourth-order valence-electron chi connectivity index (χ4n) is 2.35. The van der Waals surface area contributed by atoms with E-state index in [4.69, 9.17) is 23.3 Å². The number of aliphatic hydroxyl groups excluding tert-OH is 1. The molecule has 0 bridgehead atoms. The van der Waals surface area contributed by atoms with Crippen LogP contribution >= 0.6 is 7.60 Å². The third-order valence-electron chi connectivity index (χ3n) is 3.13. The highest BCUT2D eigenvalue weighted by molar-refractivity contribution is 7.57. The van der Waals surface area contributed by atoms with E-state index < -0.39 is 38.0 Å². The van der Waals surface area contributed by atoms with Crippen molar-refractivity contribution < 1.29 is 32.9 Å². The molecule has 8 heteroatoms. The van der Waals surface area contributed by atoms with Crippen LogP contribution in [0.1, 0.15) is 27.7 Å². The van der Waals surface area contributed by atoms with E-state index in [0.717, 1.165) is 0 Å². The van der Waals surface area contributed by atoms with Gasteiger partial charge in [-0.25, -0.2) is 0 Å². The zero-order valence-corrected chi connectivity index (χ0v) is 13.6. The minimum absolute atomic E-state index is 0.265. The summed E-state index contributed by atoms with van der Waals surface area (Å²) in [5, 5.41) is 10.2. The Morgan fingerprint density at radius 1 is 1.24 bits per heavy atom. The van der Waals surface area contributed by atoms with Crippen LogP contribution in [0.15, 0.2) is 11.9 Å². The smallest absolute Gasteiger partial charge is 0.353 e. The van der Waals surface area contributed by atoms with E-state index in [1.165, 1.54) is 11.9 Å². The Balaban J connectivity index is 2.01. The molecule has 7 nitrogen and oxygen atoms in total. The van der Waals surface area contributed by atoms with Crippen molar-refractivity contribution >= 4 is 7.60 Å². The molecule has 4 atom stereocenters. The van der Waals surface area contributed by atoms with E-state index in [0.29, 0.717) is 0 Å². The van der Waals surface area contributed by atoms with Gasteiger partial charge in [-0.1, -0.05) is 0 Å². The van der Waals surface area contributed by atoms with Crippen LogP contribution in [0.3, 0.4) is 0 Å². The van der Waals surface area contributed by atoms with Crippen LogP contribution in [-0.2, 0) is 27.8 Å². The third kappa shape index (κ3) is 3.93. The Morgan fingerprint density at radius 3 is 2.38 bits per heavy atom. The molecule has 1 N–H and O–H groups in total. The summed E-state index contributed by atoms with van der Waals surface area (Å²) in [4.78, 5) is 0. The van der Waals surface area contributed by atoms with E-state index in [2.05, 4.69) is 0 Å². The zero-order chi connectivity index (χ0) is 15.7. The van der Waals surface area contributed by atoms with Gasteiger partial charge in [0.15, 0.2) is 12.1 Å². The molecule has 0 radical (unpaired) electrons. The Labute approximate surface area is 124 Å². The summed E-state index contributed by atoms with van der Waals surface area (Å²) in [6.07, 6.45) is -1.29. The van der Waals surface area contributed by atoms with Gasteiger partial charge in [-0.2, -0.15) is 0 Å². The maximum atomic E-state index is 12.3. The van der Waals surface area contributed by atoms with Crippen molar-refractivity contribution in [1.82, 2.24) is 0 Å². The SMILES string of the molecule is CCOP(=O)(/C=C/C1O[C@@H]2OC(C)(C)O[C@@H]2[C@@H]1O)OCC. The van der Waals surface area contributed by atoms with Gasteiger partial charge in [0.1, 0.15) is 18.3 Å². The van der Waals surface area contributed by atoms with Crippen LogP contribution in [0.5, 0.6) is 0 Å². The molecule has 2 aliphatic heterocycles. The summed E-state index contributed by atoms with van der Waals surface area (Å²) in [7, 11) is -3.31. The van der Waals surface area contributed by atoms with Crippen molar-refractivity contribution in [3.05, 3.63) is 11.9 Å². The number of hydrogen-bond donors (Lipinski definition) is 1. The number of aliphatic hydroxyl groups is 1. The molecular formula is C13H23O7P. The van der Waals surface area contributed by atoms with Crippen molar-refractivity contribution in [3.8, 4) is 0 Å². The normalized spacial score (nSPS) is 35.5. The molecule has 2 fully saturated rings. The topological polar surface area (TPSA) is 83.5 Å². The third-order valence-corrected chi connectivity index (χ3v) is 4.90. The maximum absolute atomic E-state index is 12.3. The maximum Gasteiger partial charge on any atom is 0.353 e.